The zero-order valence-corrected chi connectivity index (χ0v) is 14.5. The van der Waals surface area contributed by atoms with Crippen LogP contribution >= 0.6 is 0 Å². The molecule has 1 saturated heterocycles. The van der Waals surface area contributed by atoms with Crippen LogP contribution in [0.3, 0.4) is 0 Å². The number of pyridine rings is 1. The van der Waals surface area contributed by atoms with Crippen LogP contribution in [-0.2, 0) is 11.3 Å². The smallest absolute Gasteiger partial charge is 0.263 e. The highest BCUT2D eigenvalue weighted by atomic mass is 16.5. The number of ether oxygens (including phenoxy) is 1. The van der Waals surface area contributed by atoms with Gasteiger partial charge in [-0.05, 0) is 38.8 Å². The molecule has 1 atom stereocenters. The van der Waals surface area contributed by atoms with E-state index in [-0.39, 0.29) is 6.10 Å². The summed E-state index contributed by atoms with van der Waals surface area (Å²) in [4.78, 5) is 15.6. The second-order valence-corrected chi connectivity index (χ2v) is 6.38. The fraction of sp³-hybridized carbons (Fsp3) is 0.444. The van der Waals surface area contributed by atoms with E-state index in [1.54, 1.807) is 6.20 Å². The fourth-order valence-corrected chi connectivity index (χ4v) is 3.25. The van der Waals surface area contributed by atoms with Gasteiger partial charge in [-0.15, -0.1) is 0 Å². The van der Waals surface area contributed by atoms with Crippen molar-refractivity contribution in [3.05, 3.63) is 41.6 Å². The molecule has 130 valence electrons. The van der Waals surface area contributed by atoms with Crippen molar-refractivity contribution in [2.45, 2.75) is 39.4 Å². The van der Waals surface area contributed by atoms with Crippen LogP contribution in [0, 0.1) is 13.8 Å². The predicted octanol–water partition coefficient (Wildman–Crippen LogP) is 2.82. The lowest BCUT2D eigenvalue weighted by atomic mass is 10.1. The summed E-state index contributed by atoms with van der Waals surface area (Å²) in [6.07, 6.45) is 4.04. The summed E-state index contributed by atoms with van der Waals surface area (Å²) in [6.45, 7) is 6.07. The van der Waals surface area contributed by atoms with Gasteiger partial charge in [-0.1, -0.05) is 11.2 Å². The number of hydrogen-bond acceptors (Lipinski definition) is 7. The van der Waals surface area contributed by atoms with Crippen LogP contribution in [0.15, 0.2) is 28.9 Å². The topological polar surface area (TPSA) is 77.2 Å². The van der Waals surface area contributed by atoms with E-state index >= 15 is 0 Å². The van der Waals surface area contributed by atoms with E-state index in [1.165, 1.54) is 0 Å². The Morgan fingerprint density at radius 2 is 2.20 bits per heavy atom. The van der Waals surface area contributed by atoms with Crippen molar-refractivity contribution in [3.63, 3.8) is 0 Å². The number of hydrogen-bond donors (Lipinski definition) is 0. The maximum absolute atomic E-state index is 6.09. The fourth-order valence-electron chi connectivity index (χ4n) is 3.25. The van der Waals surface area contributed by atoms with Crippen molar-refractivity contribution in [2.24, 2.45) is 0 Å². The maximum Gasteiger partial charge on any atom is 0.263 e. The molecule has 0 aromatic carbocycles. The van der Waals surface area contributed by atoms with Gasteiger partial charge < -0.3 is 14.2 Å². The standard InChI is InChI=1S/C18H21N5O2/c1-12-16-17(20-13(2)21-18(16)25-22-12)23-9-5-7-15(10-23)24-11-14-6-3-4-8-19-14/h3-4,6,8,15H,5,7,9-11H2,1-2H3/t15-/m1/s1. The lowest BCUT2D eigenvalue weighted by Gasteiger charge is -2.33. The van der Waals surface area contributed by atoms with E-state index in [0.717, 1.165) is 48.5 Å². The molecule has 25 heavy (non-hydrogen) atoms. The van der Waals surface area contributed by atoms with Gasteiger partial charge in [0.2, 0.25) is 0 Å². The molecule has 4 rings (SSSR count). The molecule has 7 nitrogen and oxygen atoms in total. The van der Waals surface area contributed by atoms with E-state index in [2.05, 4.69) is 25.0 Å². The summed E-state index contributed by atoms with van der Waals surface area (Å²) < 4.78 is 11.4. The third kappa shape index (κ3) is 3.32. The molecule has 1 aliphatic rings. The first-order chi connectivity index (χ1) is 12.2. The molecule has 0 N–H and O–H groups in total. The average Bonchev–Trinajstić information content (AvgIpc) is 3.01. The second kappa shape index (κ2) is 6.76. The Morgan fingerprint density at radius 1 is 1.28 bits per heavy atom. The minimum Gasteiger partial charge on any atom is -0.370 e. The molecule has 4 heterocycles. The van der Waals surface area contributed by atoms with Crippen molar-refractivity contribution < 1.29 is 9.26 Å². The zero-order chi connectivity index (χ0) is 17.2. The monoisotopic (exact) mass is 339 g/mol. The largest absolute Gasteiger partial charge is 0.370 e. The van der Waals surface area contributed by atoms with Crippen LogP contribution in [0.1, 0.15) is 30.1 Å². The SMILES string of the molecule is Cc1nc(N2CCC[C@@H](OCc3ccccn3)C2)c2c(C)noc2n1. The number of piperidine rings is 1. The summed E-state index contributed by atoms with van der Waals surface area (Å²) in [5.41, 5.74) is 2.33. The normalized spacial score (nSPS) is 18.0. The number of fused-ring (bicyclic) bond motifs is 1. The number of nitrogens with zero attached hydrogens (tertiary/aromatic N) is 5. The summed E-state index contributed by atoms with van der Waals surface area (Å²) in [6, 6.07) is 5.88. The highest BCUT2D eigenvalue weighted by Crippen LogP contribution is 2.29. The van der Waals surface area contributed by atoms with Crippen LogP contribution < -0.4 is 4.90 Å². The summed E-state index contributed by atoms with van der Waals surface area (Å²) in [5, 5.41) is 4.94. The van der Waals surface area contributed by atoms with Crippen LogP contribution in [0.4, 0.5) is 5.82 Å². The average molecular weight is 339 g/mol. The maximum atomic E-state index is 6.09. The first-order valence-corrected chi connectivity index (χ1v) is 8.58. The molecule has 7 heteroatoms. The molecule has 1 fully saturated rings. The number of anilines is 1. The van der Waals surface area contributed by atoms with Crippen molar-refractivity contribution in [1.29, 1.82) is 0 Å². The number of aryl methyl sites for hydroxylation is 2. The summed E-state index contributed by atoms with van der Waals surface area (Å²) in [7, 11) is 0. The van der Waals surface area contributed by atoms with Gasteiger partial charge in [0.15, 0.2) is 0 Å². The van der Waals surface area contributed by atoms with Gasteiger partial charge in [-0.25, -0.2) is 4.98 Å². The van der Waals surface area contributed by atoms with Gasteiger partial charge in [0, 0.05) is 19.3 Å². The van der Waals surface area contributed by atoms with Crippen LogP contribution in [0.5, 0.6) is 0 Å². The van der Waals surface area contributed by atoms with Crippen molar-refractivity contribution in [1.82, 2.24) is 20.1 Å². The summed E-state index contributed by atoms with van der Waals surface area (Å²) in [5.74, 6) is 1.59. The predicted molar refractivity (Wildman–Crippen MR) is 93.3 cm³/mol. The Hall–Kier alpha value is -2.54. The molecular formula is C18H21N5O2. The van der Waals surface area contributed by atoms with Gasteiger partial charge in [0.05, 0.1) is 24.1 Å². The van der Waals surface area contributed by atoms with E-state index in [1.807, 2.05) is 32.0 Å². The van der Waals surface area contributed by atoms with E-state index in [4.69, 9.17) is 9.26 Å². The molecule has 3 aromatic heterocycles. The molecule has 0 amide bonds. The Bertz CT molecular complexity index is 865. The van der Waals surface area contributed by atoms with Crippen molar-refractivity contribution in [2.75, 3.05) is 18.0 Å². The lowest BCUT2D eigenvalue weighted by molar-refractivity contribution is 0.0297. The van der Waals surface area contributed by atoms with Crippen LogP contribution in [-0.4, -0.2) is 39.3 Å². The minimum absolute atomic E-state index is 0.154. The van der Waals surface area contributed by atoms with Gasteiger partial charge in [-0.2, -0.15) is 4.98 Å². The number of rotatable bonds is 4. The number of aromatic nitrogens is 4. The first kappa shape index (κ1) is 16.0. The first-order valence-electron chi connectivity index (χ1n) is 8.58. The van der Waals surface area contributed by atoms with Gasteiger partial charge in [-0.3, -0.25) is 4.98 Å². The minimum atomic E-state index is 0.154. The van der Waals surface area contributed by atoms with Crippen molar-refractivity contribution >= 4 is 16.9 Å². The third-order valence-electron chi connectivity index (χ3n) is 4.47. The Kier molecular flexibility index (Phi) is 4.31. The van der Waals surface area contributed by atoms with Crippen LogP contribution in [0.2, 0.25) is 0 Å². The van der Waals surface area contributed by atoms with Gasteiger partial charge in [0.1, 0.15) is 17.0 Å². The lowest BCUT2D eigenvalue weighted by Crippen LogP contribution is -2.40. The Balaban J connectivity index is 1.52. The molecule has 0 aliphatic carbocycles. The van der Waals surface area contributed by atoms with Crippen LogP contribution in [0.25, 0.3) is 11.1 Å². The molecule has 0 bridgehead atoms. The van der Waals surface area contributed by atoms with E-state index in [0.29, 0.717) is 18.1 Å². The Morgan fingerprint density at radius 3 is 3.04 bits per heavy atom. The van der Waals surface area contributed by atoms with Gasteiger partial charge in [0.25, 0.3) is 5.71 Å². The highest BCUT2D eigenvalue weighted by molar-refractivity contribution is 5.88. The van der Waals surface area contributed by atoms with E-state index < -0.39 is 0 Å². The molecule has 0 spiro atoms. The second-order valence-electron chi connectivity index (χ2n) is 6.38. The summed E-state index contributed by atoms with van der Waals surface area (Å²) >= 11 is 0. The molecular weight excluding hydrogens is 318 g/mol. The molecule has 3 aromatic rings. The van der Waals surface area contributed by atoms with Gasteiger partial charge >= 0.3 is 0 Å². The molecule has 1 aliphatic heterocycles. The molecule has 0 unspecified atom stereocenters. The Labute approximate surface area is 146 Å². The van der Waals surface area contributed by atoms with E-state index in [9.17, 15) is 0 Å². The highest BCUT2D eigenvalue weighted by Gasteiger charge is 2.25. The zero-order valence-electron chi connectivity index (χ0n) is 14.5. The third-order valence-corrected chi connectivity index (χ3v) is 4.47. The quantitative estimate of drug-likeness (QED) is 0.723. The molecule has 0 saturated carbocycles. The van der Waals surface area contributed by atoms with Crippen molar-refractivity contribution in [3.8, 4) is 0 Å². The molecule has 0 radical (unpaired) electrons.